The molecule has 1 aliphatic rings. The van der Waals surface area contributed by atoms with Gasteiger partial charge in [0.15, 0.2) is 0 Å². The Morgan fingerprint density at radius 1 is 1.52 bits per heavy atom. The van der Waals surface area contributed by atoms with Gasteiger partial charge in [0.1, 0.15) is 10.6 Å². The van der Waals surface area contributed by atoms with Crippen molar-refractivity contribution in [2.75, 3.05) is 20.3 Å². The van der Waals surface area contributed by atoms with Gasteiger partial charge in [0.05, 0.1) is 19.2 Å². The van der Waals surface area contributed by atoms with Gasteiger partial charge in [0.2, 0.25) is 10.0 Å². The minimum absolute atomic E-state index is 0.0569. The van der Waals surface area contributed by atoms with Crippen molar-refractivity contribution in [3.05, 3.63) is 29.8 Å². The second-order valence-corrected chi connectivity index (χ2v) is 6.78. The normalized spacial score (nSPS) is 18.4. The fraction of sp³-hybridized carbons (Fsp3) is 0.400. The molecule has 0 radical (unpaired) electrons. The van der Waals surface area contributed by atoms with Crippen molar-refractivity contribution < 1.29 is 27.8 Å². The molecule has 1 heterocycles. The summed E-state index contributed by atoms with van der Waals surface area (Å²) >= 11 is 0. The molecular weight excluding hydrogens is 322 g/mol. The van der Waals surface area contributed by atoms with Gasteiger partial charge in [0.25, 0.3) is 0 Å². The molecule has 23 heavy (non-hydrogen) atoms. The third kappa shape index (κ3) is 4.78. The summed E-state index contributed by atoms with van der Waals surface area (Å²) in [5.41, 5.74) is 0.410. The van der Waals surface area contributed by atoms with Crippen molar-refractivity contribution in [2.45, 2.75) is 23.8 Å². The number of carboxylic acid groups (broad SMARTS) is 1. The lowest BCUT2D eigenvalue weighted by atomic mass is 10.2. The Labute approximate surface area is 135 Å². The number of rotatable bonds is 7. The Hall–Kier alpha value is -1.90. The molecule has 0 aromatic heterocycles. The summed E-state index contributed by atoms with van der Waals surface area (Å²) in [6, 6.07) is 4.36. The molecule has 0 saturated carbocycles. The smallest absolute Gasteiger partial charge is 0.244 e. The number of hydrogen-bond acceptors (Lipinski definition) is 6. The largest absolute Gasteiger partial charge is 0.545 e. The second kappa shape index (κ2) is 7.58. The SMILES string of the molecule is COc1ccc(C=CC(=O)[O-])cc1S(=O)(=O)NCC1CCCO1. The van der Waals surface area contributed by atoms with Crippen molar-refractivity contribution in [1.29, 1.82) is 0 Å². The predicted molar refractivity (Wildman–Crippen MR) is 81.2 cm³/mol. The Morgan fingerprint density at radius 3 is 2.91 bits per heavy atom. The van der Waals surface area contributed by atoms with E-state index in [9.17, 15) is 18.3 Å². The van der Waals surface area contributed by atoms with Gasteiger partial charge in [-0.15, -0.1) is 0 Å². The average molecular weight is 340 g/mol. The number of sulfonamides is 1. The zero-order valence-corrected chi connectivity index (χ0v) is 13.5. The van der Waals surface area contributed by atoms with Gasteiger partial charge >= 0.3 is 0 Å². The maximum atomic E-state index is 12.5. The number of carboxylic acids is 1. The van der Waals surface area contributed by atoms with Crippen LogP contribution in [0, 0.1) is 0 Å². The summed E-state index contributed by atoms with van der Waals surface area (Å²) in [5.74, 6) is -1.18. The molecule has 1 unspecified atom stereocenters. The summed E-state index contributed by atoms with van der Waals surface area (Å²) in [6.07, 6.45) is 3.69. The van der Waals surface area contributed by atoms with Gasteiger partial charge < -0.3 is 19.4 Å². The van der Waals surface area contributed by atoms with Crippen LogP contribution in [0.3, 0.4) is 0 Å². The molecular formula is C15H18NO6S-. The van der Waals surface area contributed by atoms with Crippen LogP contribution >= 0.6 is 0 Å². The molecule has 1 N–H and O–H groups in total. The Morgan fingerprint density at radius 2 is 2.30 bits per heavy atom. The summed E-state index contributed by atoms with van der Waals surface area (Å²) in [5, 5.41) is 10.5. The monoisotopic (exact) mass is 340 g/mol. The first-order valence-electron chi connectivity index (χ1n) is 7.11. The zero-order valence-electron chi connectivity index (χ0n) is 12.7. The number of carbonyl (C=O) groups excluding carboxylic acids is 1. The maximum absolute atomic E-state index is 12.5. The number of hydrogen-bond donors (Lipinski definition) is 1. The number of carbonyl (C=O) groups is 1. The van der Waals surface area contributed by atoms with E-state index in [0.29, 0.717) is 12.2 Å². The van der Waals surface area contributed by atoms with Gasteiger partial charge in [-0.3, -0.25) is 0 Å². The molecule has 0 amide bonds. The van der Waals surface area contributed by atoms with Crippen molar-refractivity contribution in [2.24, 2.45) is 0 Å². The fourth-order valence-corrected chi connectivity index (χ4v) is 3.53. The third-order valence-electron chi connectivity index (χ3n) is 3.41. The third-order valence-corrected chi connectivity index (χ3v) is 4.86. The highest BCUT2D eigenvalue weighted by Gasteiger charge is 2.23. The minimum Gasteiger partial charge on any atom is -0.545 e. The molecule has 0 spiro atoms. The maximum Gasteiger partial charge on any atom is 0.244 e. The van der Waals surface area contributed by atoms with Crippen LogP contribution in [0.5, 0.6) is 5.75 Å². The first kappa shape index (κ1) is 17.5. The van der Waals surface area contributed by atoms with Gasteiger partial charge in [-0.1, -0.05) is 12.1 Å². The number of ether oxygens (including phenoxy) is 2. The van der Waals surface area contributed by atoms with E-state index in [1.54, 1.807) is 6.07 Å². The van der Waals surface area contributed by atoms with Crippen LogP contribution in [-0.4, -0.2) is 40.8 Å². The Balaban J connectivity index is 2.23. The lowest BCUT2D eigenvalue weighted by Crippen LogP contribution is -2.32. The van der Waals surface area contributed by atoms with E-state index < -0.39 is 16.0 Å². The molecule has 8 heteroatoms. The van der Waals surface area contributed by atoms with E-state index >= 15 is 0 Å². The molecule has 126 valence electrons. The first-order valence-corrected chi connectivity index (χ1v) is 8.59. The number of aliphatic carboxylic acids is 1. The summed E-state index contributed by atoms with van der Waals surface area (Å²) in [4.78, 5) is 10.4. The van der Waals surface area contributed by atoms with E-state index in [4.69, 9.17) is 9.47 Å². The van der Waals surface area contributed by atoms with Crippen LogP contribution < -0.4 is 14.6 Å². The molecule has 1 aliphatic heterocycles. The molecule has 7 nitrogen and oxygen atoms in total. The molecule has 1 aromatic rings. The Bertz CT molecular complexity index is 692. The summed E-state index contributed by atoms with van der Waals surface area (Å²) < 4.78 is 37.9. The minimum atomic E-state index is -3.80. The predicted octanol–water partition coefficient (Wildman–Crippen LogP) is -0.0844. The van der Waals surface area contributed by atoms with Crippen LogP contribution in [0.25, 0.3) is 6.08 Å². The molecule has 0 aliphatic carbocycles. The van der Waals surface area contributed by atoms with Gasteiger partial charge in [0, 0.05) is 13.2 Å². The lowest BCUT2D eigenvalue weighted by Gasteiger charge is -2.14. The fourth-order valence-electron chi connectivity index (χ4n) is 2.26. The first-order chi connectivity index (χ1) is 10.9. The number of benzene rings is 1. The molecule has 1 atom stereocenters. The topological polar surface area (TPSA) is 105 Å². The number of nitrogens with one attached hydrogen (secondary N) is 1. The van der Waals surface area contributed by atoms with E-state index in [1.807, 2.05) is 0 Å². The van der Waals surface area contributed by atoms with Crippen LogP contribution in [-0.2, 0) is 19.6 Å². The highest BCUT2D eigenvalue weighted by molar-refractivity contribution is 7.89. The van der Waals surface area contributed by atoms with Crippen molar-refractivity contribution in [3.8, 4) is 5.75 Å². The summed E-state index contributed by atoms with van der Waals surface area (Å²) in [7, 11) is -2.44. The lowest BCUT2D eigenvalue weighted by molar-refractivity contribution is -0.297. The molecule has 1 aromatic carbocycles. The highest BCUT2D eigenvalue weighted by atomic mass is 32.2. The van der Waals surface area contributed by atoms with Crippen LogP contribution in [0.15, 0.2) is 29.2 Å². The van der Waals surface area contributed by atoms with Gasteiger partial charge in [-0.2, -0.15) is 0 Å². The second-order valence-electron chi connectivity index (χ2n) is 5.05. The van der Waals surface area contributed by atoms with Gasteiger partial charge in [-0.05, 0) is 36.6 Å². The van der Waals surface area contributed by atoms with Crippen LogP contribution in [0.4, 0.5) is 0 Å². The van der Waals surface area contributed by atoms with E-state index in [2.05, 4.69) is 4.72 Å². The zero-order chi connectivity index (χ0) is 16.9. The van der Waals surface area contributed by atoms with Crippen LogP contribution in [0.2, 0.25) is 0 Å². The van der Waals surface area contributed by atoms with E-state index in [-0.39, 0.29) is 23.3 Å². The number of methoxy groups -OCH3 is 1. The standard InChI is InChI=1S/C15H19NO6S/c1-21-13-6-4-11(5-7-15(17)18)9-14(13)23(19,20)16-10-12-3-2-8-22-12/h4-7,9,12,16H,2-3,8,10H2,1H3,(H,17,18)/p-1. The average Bonchev–Trinajstić information content (AvgIpc) is 3.04. The van der Waals surface area contributed by atoms with E-state index in [1.165, 1.54) is 25.3 Å². The van der Waals surface area contributed by atoms with Crippen molar-refractivity contribution in [1.82, 2.24) is 4.72 Å². The highest BCUT2D eigenvalue weighted by Crippen LogP contribution is 2.25. The van der Waals surface area contributed by atoms with Crippen LogP contribution in [0.1, 0.15) is 18.4 Å². The quantitative estimate of drug-likeness (QED) is 0.696. The van der Waals surface area contributed by atoms with Gasteiger partial charge in [-0.25, -0.2) is 13.1 Å². The Kier molecular flexibility index (Phi) is 5.75. The summed E-state index contributed by atoms with van der Waals surface area (Å²) in [6.45, 7) is 0.823. The van der Waals surface area contributed by atoms with Crippen molar-refractivity contribution >= 4 is 22.1 Å². The molecule has 2 rings (SSSR count). The molecule has 0 bridgehead atoms. The van der Waals surface area contributed by atoms with E-state index in [0.717, 1.165) is 18.9 Å². The molecule has 1 saturated heterocycles. The van der Waals surface area contributed by atoms with Crippen molar-refractivity contribution in [3.63, 3.8) is 0 Å². The molecule has 1 fully saturated rings.